The molecule has 84 valence electrons. The van der Waals surface area contributed by atoms with E-state index in [1.54, 1.807) is 13.2 Å². The number of carbonyl (C=O) groups is 2. The van der Waals surface area contributed by atoms with Crippen LogP contribution in [0.3, 0.4) is 0 Å². The fraction of sp³-hybridized carbons (Fsp3) is 0.333. The van der Waals surface area contributed by atoms with Crippen LogP contribution in [0, 0.1) is 0 Å². The van der Waals surface area contributed by atoms with E-state index in [0.717, 1.165) is 5.56 Å². The van der Waals surface area contributed by atoms with Crippen molar-refractivity contribution in [2.75, 3.05) is 14.2 Å². The molecule has 4 nitrogen and oxygen atoms in total. The Balaban J connectivity index is 2.31. The number of benzene rings is 1. The van der Waals surface area contributed by atoms with E-state index in [2.05, 4.69) is 0 Å². The number of likely N-dealkylation sites (tertiary alicyclic amines) is 1. The molecule has 16 heavy (non-hydrogen) atoms. The molecule has 0 aromatic heterocycles. The minimum absolute atomic E-state index is 0.127. The van der Waals surface area contributed by atoms with Crippen LogP contribution in [-0.4, -0.2) is 30.9 Å². The molecule has 2 rings (SSSR count). The number of methoxy groups -OCH3 is 1. The highest BCUT2D eigenvalue weighted by molar-refractivity contribution is 6.05. The molecule has 1 aromatic carbocycles. The van der Waals surface area contributed by atoms with Gasteiger partial charge >= 0.3 is 0 Å². The summed E-state index contributed by atoms with van der Waals surface area (Å²) in [6, 6.07) is 7.28. The third kappa shape index (κ3) is 1.66. The highest BCUT2D eigenvalue weighted by Crippen LogP contribution is 2.30. The summed E-state index contributed by atoms with van der Waals surface area (Å²) in [6.45, 7) is 0. The quantitative estimate of drug-likeness (QED) is 0.701. The molecule has 1 aliphatic heterocycles. The summed E-state index contributed by atoms with van der Waals surface area (Å²) in [5.41, 5.74) is 0.835. The van der Waals surface area contributed by atoms with Gasteiger partial charge in [-0.25, -0.2) is 0 Å². The number of likely N-dealkylation sites (N-methyl/N-ethyl adjacent to an activating group) is 1. The lowest BCUT2D eigenvalue weighted by Crippen LogP contribution is -2.25. The number of hydrogen-bond donors (Lipinski definition) is 0. The van der Waals surface area contributed by atoms with E-state index in [-0.39, 0.29) is 24.2 Å². The van der Waals surface area contributed by atoms with Crippen molar-refractivity contribution in [1.29, 1.82) is 0 Å². The summed E-state index contributed by atoms with van der Waals surface area (Å²) in [4.78, 5) is 24.4. The smallest absolute Gasteiger partial charge is 0.236 e. The minimum atomic E-state index is -0.354. The van der Waals surface area contributed by atoms with Crippen molar-refractivity contribution in [3.63, 3.8) is 0 Å². The number of ether oxygens (including phenoxy) is 1. The minimum Gasteiger partial charge on any atom is -0.497 e. The van der Waals surface area contributed by atoms with Crippen LogP contribution >= 0.6 is 0 Å². The van der Waals surface area contributed by atoms with Crippen LogP contribution in [0.4, 0.5) is 0 Å². The van der Waals surface area contributed by atoms with Gasteiger partial charge in [0.25, 0.3) is 0 Å². The second-order valence-electron chi connectivity index (χ2n) is 3.82. The SMILES string of the molecule is COc1cccc([C@@H]2CC(=O)N(C)C2=O)c1. The molecule has 4 heteroatoms. The lowest BCUT2D eigenvalue weighted by Gasteiger charge is -2.10. The molecule has 0 saturated carbocycles. The number of hydrogen-bond acceptors (Lipinski definition) is 3. The van der Waals surface area contributed by atoms with Gasteiger partial charge in [-0.3, -0.25) is 14.5 Å². The normalized spacial score (nSPS) is 20.4. The van der Waals surface area contributed by atoms with Gasteiger partial charge in [-0.15, -0.1) is 0 Å². The summed E-state index contributed by atoms with van der Waals surface area (Å²) >= 11 is 0. The van der Waals surface area contributed by atoms with Gasteiger partial charge in [0.05, 0.1) is 13.0 Å². The van der Waals surface area contributed by atoms with Crippen molar-refractivity contribution >= 4 is 11.8 Å². The lowest BCUT2D eigenvalue weighted by atomic mass is 9.97. The summed E-state index contributed by atoms with van der Waals surface area (Å²) in [7, 11) is 3.09. The Labute approximate surface area is 93.8 Å². The Bertz CT molecular complexity index is 442. The van der Waals surface area contributed by atoms with E-state index in [9.17, 15) is 9.59 Å². The van der Waals surface area contributed by atoms with Gasteiger partial charge in [0.1, 0.15) is 5.75 Å². The van der Waals surface area contributed by atoms with E-state index >= 15 is 0 Å². The highest BCUT2D eigenvalue weighted by atomic mass is 16.5. The molecule has 1 aliphatic rings. The molecule has 0 radical (unpaired) electrons. The number of imide groups is 1. The van der Waals surface area contributed by atoms with Gasteiger partial charge in [-0.1, -0.05) is 12.1 Å². The lowest BCUT2D eigenvalue weighted by molar-refractivity contribution is -0.137. The van der Waals surface area contributed by atoms with Gasteiger partial charge < -0.3 is 4.74 Å². The third-order valence-corrected chi connectivity index (χ3v) is 2.88. The predicted molar refractivity (Wildman–Crippen MR) is 58.1 cm³/mol. The Morgan fingerprint density at radius 1 is 1.38 bits per heavy atom. The number of rotatable bonds is 2. The molecule has 1 heterocycles. The summed E-state index contributed by atoms with van der Waals surface area (Å²) < 4.78 is 5.09. The fourth-order valence-corrected chi connectivity index (χ4v) is 1.87. The van der Waals surface area contributed by atoms with Gasteiger partial charge in [0, 0.05) is 13.5 Å². The monoisotopic (exact) mass is 219 g/mol. The van der Waals surface area contributed by atoms with E-state index < -0.39 is 0 Å². The van der Waals surface area contributed by atoms with E-state index in [0.29, 0.717) is 5.75 Å². The molecule has 0 N–H and O–H groups in total. The Hall–Kier alpha value is -1.84. The standard InChI is InChI=1S/C12H13NO3/c1-13-11(14)7-10(12(13)15)8-4-3-5-9(6-8)16-2/h3-6,10H,7H2,1-2H3/t10-/m0/s1. The molecule has 1 fully saturated rings. The largest absolute Gasteiger partial charge is 0.497 e. The van der Waals surface area contributed by atoms with Gasteiger partial charge in [-0.2, -0.15) is 0 Å². The fourth-order valence-electron chi connectivity index (χ4n) is 1.87. The maximum atomic E-state index is 11.8. The average molecular weight is 219 g/mol. The van der Waals surface area contributed by atoms with Crippen molar-refractivity contribution in [2.45, 2.75) is 12.3 Å². The van der Waals surface area contributed by atoms with Crippen LogP contribution in [-0.2, 0) is 9.59 Å². The average Bonchev–Trinajstić information content (AvgIpc) is 2.57. The van der Waals surface area contributed by atoms with Crippen LogP contribution in [0.5, 0.6) is 5.75 Å². The number of amides is 2. The maximum absolute atomic E-state index is 11.8. The Morgan fingerprint density at radius 3 is 2.69 bits per heavy atom. The number of nitrogens with zero attached hydrogens (tertiary/aromatic N) is 1. The van der Waals surface area contributed by atoms with Gasteiger partial charge in [0.2, 0.25) is 11.8 Å². The zero-order chi connectivity index (χ0) is 11.7. The Morgan fingerprint density at radius 2 is 2.12 bits per heavy atom. The molecule has 1 aromatic rings. The zero-order valence-corrected chi connectivity index (χ0v) is 9.27. The highest BCUT2D eigenvalue weighted by Gasteiger charge is 2.36. The van der Waals surface area contributed by atoms with Crippen molar-refractivity contribution in [3.05, 3.63) is 29.8 Å². The first-order valence-corrected chi connectivity index (χ1v) is 5.08. The first-order valence-electron chi connectivity index (χ1n) is 5.08. The second kappa shape index (κ2) is 3.96. The molecule has 1 saturated heterocycles. The van der Waals surface area contributed by atoms with Gasteiger partial charge in [0.15, 0.2) is 0 Å². The summed E-state index contributed by atoms with van der Waals surface area (Å²) in [5.74, 6) is 0.0796. The molecule has 0 spiro atoms. The predicted octanol–water partition coefficient (Wildman–Crippen LogP) is 1.17. The summed E-state index contributed by atoms with van der Waals surface area (Å²) in [6.07, 6.45) is 0.252. The molecule has 1 atom stereocenters. The molecular weight excluding hydrogens is 206 g/mol. The topological polar surface area (TPSA) is 46.6 Å². The first kappa shape index (κ1) is 10.7. The van der Waals surface area contributed by atoms with E-state index in [1.165, 1.54) is 11.9 Å². The molecule has 0 aliphatic carbocycles. The molecule has 0 unspecified atom stereocenters. The molecular formula is C12H13NO3. The van der Waals surface area contributed by atoms with Crippen molar-refractivity contribution in [2.24, 2.45) is 0 Å². The summed E-state index contributed by atoms with van der Waals surface area (Å²) in [5, 5.41) is 0. The molecule has 2 amide bonds. The zero-order valence-electron chi connectivity index (χ0n) is 9.27. The van der Waals surface area contributed by atoms with Gasteiger partial charge in [-0.05, 0) is 17.7 Å². The maximum Gasteiger partial charge on any atom is 0.236 e. The van der Waals surface area contributed by atoms with Crippen LogP contribution in [0.2, 0.25) is 0 Å². The molecule has 0 bridgehead atoms. The first-order chi connectivity index (χ1) is 7.63. The second-order valence-corrected chi connectivity index (χ2v) is 3.82. The van der Waals surface area contributed by atoms with Crippen molar-refractivity contribution in [3.8, 4) is 5.75 Å². The third-order valence-electron chi connectivity index (χ3n) is 2.88. The Kier molecular flexibility index (Phi) is 2.64. The van der Waals surface area contributed by atoms with Crippen LogP contribution in [0.1, 0.15) is 17.9 Å². The van der Waals surface area contributed by atoms with Crippen LogP contribution in [0.15, 0.2) is 24.3 Å². The van der Waals surface area contributed by atoms with Crippen molar-refractivity contribution < 1.29 is 14.3 Å². The van der Waals surface area contributed by atoms with E-state index in [1.807, 2.05) is 18.2 Å². The van der Waals surface area contributed by atoms with Crippen LogP contribution in [0.25, 0.3) is 0 Å². The van der Waals surface area contributed by atoms with Crippen LogP contribution < -0.4 is 4.74 Å². The van der Waals surface area contributed by atoms with Crippen molar-refractivity contribution in [1.82, 2.24) is 4.90 Å². The number of carbonyl (C=O) groups excluding carboxylic acids is 2. The van der Waals surface area contributed by atoms with E-state index in [4.69, 9.17) is 4.74 Å².